The van der Waals surface area contributed by atoms with Crippen molar-refractivity contribution in [1.82, 2.24) is 35.1 Å². The fraction of sp³-hybridized carbons (Fsp3) is 0.472. The second-order valence-corrected chi connectivity index (χ2v) is 12.2. The maximum absolute atomic E-state index is 13.5. The first-order valence-corrected chi connectivity index (χ1v) is 16.4. The van der Waals surface area contributed by atoms with Gasteiger partial charge >= 0.3 is 6.09 Å². The summed E-state index contributed by atoms with van der Waals surface area (Å²) in [4.78, 5) is 57.3. The van der Waals surface area contributed by atoms with Gasteiger partial charge in [-0.3, -0.25) is 9.59 Å². The molecular weight excluding hydrogens is 626 g/mol. The van der Waals surface area contributed by atoms with E-state index in [0.717, 1.165) is 42.6 Å². The van der Waals surface area contributed by atoms with Crippen LogP contribution in [-0.2, 0) is 23.8 Å². The minimum atomic E-state index is -0.896. The van der Waals surface area contributed by atoms with Crippen molar-refractivity contribution in [2.45, 2.75) is 76.3 Å². The van der Waals surface area contributed by atoms with Crippen LogP contribution in [0.2, 0.25) is 0 Å². The SMILES string of the molecule is COC(=O)N[C@H](C(=O)N1CCC[C@H]1c1ncc(C#Cc2ccc(C#Cc3cnc([C@@H]4CCCN4C(=O)C[C@@H](C)OC)[nH]3)cc2)[nH]1)[C@@H](C)OC. The Morgan fingerprint density at radius 1 is 0.837 bits per heavy atom. The Morgan fingerprint density at radius 3 is 1.88 bits per heavy atom. The Bertz CT molecular complexity index is 1740. The van der Waals surface area contributed by atoms with Gasteiger partial charge < -0.3 is 39.3 Å². The molecule has 2 saturated heterocycles. The summed E-state index contributed by atoms with van der Waals surface area (Å²) in [6.07, 6.45) is 5.66. The molecule has 4 heterocycles. The van der Waals surface area contributed by atoms with Gasteiger partial charge in [0, 0.05) is 38.4 Å². The minimum Gasteiger partial charge on any atom is -0.453 e. The van der Waals surface area contributed by atoms with Gasteiger partial charge in [0.05, 0.1) is 50.2 Å². The smallest absolute Gasteiger partial charge is 0.407 e. The molecule has 0 spiro atoms. The first-order chi connectivity index (χ1) is 23.7. The van der Waals surface area contributed by atoms with E-state index in [0.29, 0.717) is 36.7 Å². The lowest BCUT2D eigenvalue weighted by molar-refractivity contribution is -0.137. The molecule has 0 bridgehead atoms. The second kappa shape index (κ2) is 16.3. The Morgan fingerprint density at radius 2 is 1.37 bits per heavy atom. The fourth-order valence-electron chi connectivity index (χ4n) is 6.05. The lowest BCUT2D eigenvalue weighted by Gasteiger charge is -2.30. The first-order valence-electron chi connectivity index (χ1n) is 16.4. The van der Waals surface area contributed by atoms with Crippen molar-refractivity contribution in [2.75, 3.05) is 34.4 Å². The molecule has 3 N–H and O–H groups in total. The quantitative estimate of drug-likeness (QED) is 0.293. The van der Waals surface area contributed by atoms with E-state index in [1.54, 1.807) is 31.3 Å². The highest BCUT2D eigenvalue weighted by Gasteiger charge is 2.38. The summed E-state index contributed by atoms with van der Waals surface area (Å²) in [5.41, 5.74) is 2.94. The molecule has 13 nitrogen and oxygen atoms in total. The summed E-state index contributed by atoms with van der Waals surface area (Å²) in [6.45, 7) is 4.86. The van der Waals surface area contributed by atoms with Crippen LogP contribution in [0, 0.1) is 23.7 Å². The maximum Gasteiger partial charge on any atom is 0.407 e. The zero-order valence-electron chi connectivity index (χ0n) is 28.5. The van der Waals surface area contributed by atoms with Crippen LogP contribution in [0.1, 0.15) is 92.2 Å². The van der Waals surface area contributed by atoms with Crippen molar-refractivity contribution in [3.63, 3.8) is 0 Å². The molecule has 0 saturated carbocycles. The first kappa shape index (κ1) is 35.2. The van der Waals surface area contributed by atoms with Crippen LogP contribution in [0.5, 0.6) is 0 Å². The normalized spacial score (nSPS) is 18.9. The zero-order valence-corrected chi connectivity index (χ0v) is 28.5. The van der Waals surface area contributed by atoms with E-state index in [2.05, 4.69) is 48.9 Å². The van der Waals surface area contributed by atoms with Gasteiger partial charge in [-0.05, 0) is 75.6 Å². The van der Waals surface area contributed by atoms with Crippen LogP contribution < -0.4 is 5.32 Å². The highest BCUT2D eigenvalue weighted by Crippen LogP contribution is 2.32. The van der Waals surface area contributed by atoms with Gasteiger partial charge in [0.2, 0.25) is 11.8 Å². The number of aromatic amines is 2. The number of likely N-dealkylation sites (tertiary alicyclic amines) is 2. The maximum atomic E-state index is 13.5. The molecular formula is C36H43N7O6. The molecule has 49 heavy (non-hydrogen) atoms. The summed E-state index contributed by atoms with van der Waals surface area (Å²) >= 11 is 0. The topological polar surface area (TPSA) is 155 Å². The number of rotatable bonds is 9. The standard InChI is InChI=1S/C36H43N7O6/c1-23(47-3)20-31(44)42-18-6-8-29(42)33-37-21-27(39-33)16-14-25-10-12-26(13-11-25)15-17-28-22-38-34(40-28)30-9-7-19-43(30)35(45)32(24(2)48-4)41-36(46)49-5/h10-13,21-24,29-30,32H,6-9,18-20H2,1-5H3,(H,37,39)(H,38,40)(H,41,46)/t23-,24-,29+,30+,32+/m1/s1. The summed E-state index contributed by atoms with van der Waals surface area (Å²) in [5.74, 6) is 13.8. The van der Waals surface area contributed by atoms with E-state index in [9.17, 15) is 14.4 Å². The van der Waals surface area contributed by atoms with Gasteiger partial charge in [-0.25, -0.2) is 14.8 Å². The summed E-state index contributed by atoms with van der Waals surface area (Å²) in [7, 11) is 4.35. The van der Waals surface area contributed by atoms with Crippen LogP contribution in [0.4, 0.5) is 4.79 Å². The number of benzene rings is 1. The Balaban J connectivity index is 1.20. The van der Waals surface area contributed by atoms with Crippen molar-refractivity contribution in [3.8, 4) is 23.7 Å². The van der Waals surface area contributed by atoms with Crippen molar-refractivity contribution in [2.24, 2.45) is 0 Å². The molecule has 2 aromatic heterocycles. The van der Waals surface area contributed by atoms with Crippen molar-refractivity contribution in [3.05, 3.63) is 70.8 Å². The molecule has 2 aliphatic heterocycles. The Labute approximate surface area is 286 Å². The second-order valence-electron chi connectivity index (χ2n) is 12.2. The molecule has 3 aromatic rings. The Kier molecular flexibility index (Phi) is 11.7. The summed E-state index contributed by atoms with van der Waals surface area (Å²) in [5, 5.41) is 2.59. The van der Waals surface area contributed by atoms with E-state index in [4.69, 9.17) is 14.2 Å². The average molecular weight is 670 g/mol. The Hall–Kier alpha value is -5.11. The molecule has 0 radical (unpaired) electrons. The van der Waals surface area contributed by atoms with Crippen LogP contribution in [0.3, 0.4) is 0 Å². The number of amides is 3. The minimum absolute atomic E-state index is 0.0712. The monoisotopic (exact) mass is 669 g/mol. The van der Waals surface area contributed by atoms with Gasteiger partial charge in [-0.1, -0.05) is 11.8 Å². The number of imidazole rings is 2. The third-order valence-corrected chi connectivity index (χ3v) is 8.93. The van der Waals surface area contributed by atoms with E-state index >= 15 is 0 Å². The van der Waals surface area contributed by atoms with Gasteiger partial charge in [0.25, 0.3) is 0 Å². The number of carbonyl (C=O) groups is 3. The third kappa shape index (κ3) is 8.68. The molecule has 0 aliphatic carbocycles. The lowest BCUT2D eigenvalue weighted by atomic mass is 10.1. The highest BCUT2D eigenvalue weighted by atomic mass is 16.5. The van der Waals surface area contributed by atoms with Crippen LogP contribution in [0.15, 0.2) is 36.7 Å². The lowest BCUT2D eigenvalue weighted by Crippen LogP contribution is -2.54. The number of methoxy groups -OCH3 is 3. The number of ether oxygens (including phenoxy) is 3. The number of hydrogen-bond acceptors (Lipinski definition) is 8. The number of hydrogen-bond donors (Lipinski definition) is 3. The number of alkyl carbamates (subject to hydrolysis) is 1. The number of nitrogens with one attached hydrogen (secondary N) is 3. The van der Waals surface area contributed by atoms with Gasteiger partial charge in [-0.15, -0.1) is 0 Å². The fourth-order valence-corrected chi connectivity index (χ4v) is 6.05. The molecule has 2 fully saturated rings. The predicted octanol–water partition coefficient (Wildman–Crippen LogP) is 3.44. The van der Waals surface area contributed by atoms with Crippen LogP contribution in [-0.4, -0.2) is 100 Å². The molecule has 1 aromatic carbocycles. The molecule has 2 aliphatic rings. The van der Waals surface area contributed by atoms with Crippen LogP contribution in [0.25, 0.3) is 0 Å². The van der Waals surface area contributed by atoms with E-state index in [1.165, 1.54) is 14.2 Å². The van der Waals surface area contributed by atoms with Gasteiger partial charge in [0.15, 0.2) is 0 Å². The number of aromatic nitrogens is 4. The van der Waals surface area contributed by atoms with Crippen molar-refractivity contribution < 1.29 is 28.6 Å². The molecule has 5 atom stereocenters. The highest BCUT2D eigenvalue weighted by molar-refractivity contribution is 5.86. The average Bonchev–Trinajstić information content (AvgIpc) is 3.95. The molecule has 13 heteroatoms. The third-order valence-electron chi connectivity index (χ3n) is 8.93. The predicted molar refractivity (Wildman–Crippen MR) is 180 cm³/mol. The molecule has 0 unspecified atom stereocenters. The molecule has 3 amide bonds. The molecule has 258 valence electrons. The number of carbonyl (C=O) groups excluding carboxylic acids is 3. The zero-order chi connectivity index (χ0) is 34.9. The largest absolute Gasteiger partial charge is 0.453 e. The van der Waals surface area contributed by atoms with E-state index in [1.807, 2.05) is 36.1 Å². The number of H-pyrrole nitrogens is 2. The summed E-state index contributed by atoms with van der Waals surface area (Å²) in [6, 6.07) is 6.36. The van der Waals surface area contributed by atoms with E-state index in [-0.39, 0.29) is 30.0 Å². The van der Waals surface area contributed by atoms with Gasteiger partial charge in [0.1, 0.15) is 29.1 Å². The van der Waals surface area contributed by atoms with Gasteiger partial charge in [-0.2, -0.15) is 0 Å². The number of nitrogens with zero attached hydrogens (tertiary/aromatic N) is 4. The van der Waals surface area contributed by atoms with Crippen molar-refractivity contribution >= 4 is 17.9 Å². The van der Waals surface area contributed by atoms with Crippen molar-refractivity contribution in [1.29, 1.82) is 0 Å². The molecule has 5 rings (SSSR count). The van der Waals surface area contributed by atoms with Crippen LogP contribution >= 0.6 is 0 Å². The van der Waals surface area contributed by atoms with E-state index < -0.39 is 18.2 Å². The summed E-state index contributed by atoms with van der Waals surface area (Å²) < 4.78 is 15.3.